The topological polar surface area (TPSA) is 101 Å². The van der Waals surface area contributed by atoms with E-state index >= 15 is 0 Å². The fourth-order valence-electron chi connectivity index (χ4n) is 3.83. The van der Waals surface area contributed by atoms with Crippen LogP contribution in [-0.2, 0) is 14.6 Å². The highest BCUT2D eigenvalue weighted by atomic mass is 32.2. The third-order valence-electron chi connectivity index (χ3n) is 4.95. The Morgan fingerprint density at radius 2 is 2.16 bits per heavy atom. The Kier molecular flexibility index (Phi) is 3.61. The van der Waals surface area contributed by atoms with E-state index in [1.54, 1.807) is 22.9 Å². The quantitative estimate of drug-likeness (QED) is 0.848. The van der Waals surface area contributed by atoms with Crippen LogP contribution in [0, 0.1) is 6.92 Å². The second-order valence-electron chi connectivity index (χ2n) is 6.75. The lowest BCUT2D eigenvalue weighted by Gasteiger charge is -2.25. The van der Waals surface area contributed by atoms with E-state index in [-0.39, 0.29) is 41.5 Å². The van der Waals surface area contributed by atoms with E-state index < -0.39 is 9.84 Å². The summed E-state index contributed by atoms with van der Waals surface area (Å²) in [5.74, 6) is 0.592. The highest BCUT2D eigenvalue weighted by Crippen LogP contribution is 2.41. The van der Waals surface area contributed by atoms with E-state index in [2.05, 4.69) is 10.4 Å². The minimum absolute atomic E-state index is 0.0488. The fraction of sp³-hybridized carbons (Fsp3) is 0.412. The van der Waals surface area contributed by atoms with Crippen LogP contribution in [-0.4, -0.2) is 40.7 Å². The molecule has 0 bridgehead atoms. The Labute approximate surface area is 145 Å². The van der Waals surface area contributed by atoms with Crippen molar-refractivity contribution < 1.29 is 18.3 Å². The van der Waals surface area contributed by atoms with Gasteiger partial charge in [0.25, 0.3) is 0 Å². The first-order chi connectivity index (χ1) is 11.8. The van der Waals surface area contributed by atoms with Gasteiger partial charge in [-0.2, -0.15) is 5.10 Å². The van der Waals surface area contributed by atoms with Crippen LogP contribution >= 0.6 is 0 Å². The highest BCUT2D eigenvalue weighted by molar-refractivity contribution is 7.91. The summed E-state index contributed by atoms with van der Waals surface area (Å²) < 4.78 is 25.3. The van der Waals surface area contributed by atoms with Gasteiger partial charge < -0.3 is 10.4 Å². The molecule has 0 saturated carbocycles. The summed E-state index contributed by atoms with van der Waals surface area (Å²) in [5, 5.41) is 17.2. The third kappa shape index (κ3) is 2.80. The Bertz CT molecular complexity index is 964. The lowest BCUT2D eigenvalue weighted by Crippen LogP contribution is -2.26. The molecule has 7 nitrogen and oxygen atoms in total. The maximum absolute atomic E-state index is 12.3. The maximum Gasteiger partial charge on any atom is 0.226 e. The number of benzene rings is 1. The van der Waals surface area contributed by atoms with Gasteiger partial charge in [0, 0.05) is 17.9 Å². The number of fused-ring (bicyclic) bond motifs is 1. The normalized spacial score (nSPS) is 24.8. The van der Waals surface area contributed by atoms with Gasteiger partial charge in [0.2, 0.25) is 5.91 Å². The Morgan fingerprint density at radius 3 is 2.84 bits per heavy atom. The minimum atomic E-state index is -3.05. The number of carbonyl (C=O) groups excluding carboxylic acids is 1. The van der Waals surface area contributed by atoms with Crippen molar-refractivity contribution >= 4 is 21.6 Å². The first-order valence-electron chi connectivity index (χ1n) is 8.22. The number of hydrogen-bond acceptors (Lipinski definition) is 5. The molecule has 132 valence electrons. The van der Waals surface area contributed by atoms with Gasteiger partial charge >= 0.3 is 0 Å². The number of aromatic nitrogens is 2. The van der Waals surface area contributed by atoms with E-state index in [1.165, 1.54) is 0 Å². The second kappa shape index (κ2) is 5.59. The van der Waals surface area contributed by atoms with Gasteiger partial charge in [-0.3, -0.25) is 4.79 Å². The van der Waals surface area contributed by atoms with Gasteiger partial charge in [0.1, 0.15) is 11.6 Å². The minimum Gasteiger partial charge on any atom is -0.508 e. The number of rotatable bonds is 2. The van der Waals surface area contributed by atoms with Crippen LogP contribution < -0.4 is 5.32 Å². The van der Waals surface area contributed by atoms with Crippen molar-refractivity contribution in [2.24, 2.45) is 0 Å². The number of nitrogens with zero attached hydrogens (tertiary/aromatic N) is 2. The number of hydrogen-bond donors (Lipinski definition) is 2. The van der Waals surface area contributed by atoms with Crippen LogP contribution in [0.25, 0.3) is 0 Å². The van der Waals surface area contributed by atoms with Crippen LogP contribution in [0.4, 0.5) is 5.82 Å². The summed E-state index contributed by atoms with van der Waals surface area (Å²) in [6, 6.07) is 6.62. The molecule has 2 aliphatic heterocycles. The van der Waals surface area contributed by atoms with Crippen LogP contribution in [0.2, 0.25) is 0 Å². The standard InChI is InChI=1S/C17H19N3O4S/c1-10-16-14(11-3-2-4-13(21)7-11)8-15(22)18-17(16)20(19-10)12-5-6-25(23,24)9-12/h2-4,7,12,14,21H,5-6,8-9H2,1H3,(H,18,22)/t12-,14-/m0/s1. The molecule has 2 aliphatic rings. The van der Waals surface area contributed by atoms with Gasteiger partial charge in [-0.25, -0.2) is 13.1 Å². The number of aryl methyl sites for hydroxylation is 1. The highest BCUT2D eigenvalue weighted by Gasteiger charge is 2.37. The van der Waals surface area contributed by atoms with E-state index in [0.29, 0.717) is 12.2 Å². The number of amides is 1. The second-order valence-corrected chi connectivity index (χ2v) is 8.98. The van der Waals surface area contributed by atoms with Gasteiger partial charge in [-0.1, -0.05) is 12.1 Å². The zero-order chi connectivity index (χ0) is 17.8. The fourth-order valence-corrected chi connectivity index (χ4v) is 5.52. The SMILES string of the molecule is Cc1nn([C@H]2CCS(=O)(=O)C2)c2c1[C@H](c1cccc(O)c1)CC(=O)N2. The van der Waals surface area contributed by atoms with Crippen molar-refractivity contribution in [3.8, 4) is 5.75 Å². The average molecular weight is 361 g/mol. The first-order valence-corrected chi connectivity index (χ1v) is 10.0. The summed E-state index contributed by atoms with van der Waals surface area (Å²) in [4.78, 5) is 12.3. The van der Waals surface area contributed by atoms with Crippen molar-refractivity contribution in [1.82, 2.24) is 9.78 Å². The van der Waals surface area contributed by atoms with Crippen molar-refractivity contribution in [1.29, 1.82) is 0 Å². The number of carbonyl (C=O) groups is 1. The van der Waals surface area contributed by atoms with E-state index in [1.807, 2.05) is 13.0 Å². The molecule has 2 aromatic rings. The van der Waals surface area contributed by atoms with Gasteiger partial charge in [0.15, 0.2) is 9.84 Å². The van der Waals surface area contributed by atoms with Crippen LogP contribution in [0.1, 0.15) is 41.6 Å². The number of sulfone groups is 1. The molecule has 0 aliphatic carbocycles. The van der Waals surface area contributed by atoms with Crippen molar-refractivity contribution in [2.75, 3.05) is 16.8 Å². The molecule has 2 atom stereocenters. The van der Waals surface area contributed by atoms with Crippen LogP contribution in [0.15, 0.2) is 24.3 Å². The third-order valence-corrected chi connectivity index (χ3v) is 6.70. The molecule has 0 radical (unpaired) electrons. The molecular weight excluding hydrogens is 342 g/mol. The maximum atomic E-state index is 12.3. The molecule has 1 fully saturated rings. The van der Waals surface area contributed by atoms with Gasteiger partial charge in [0.05, 0.1) is 23.2 Å². The summed E-state index contributed by atoms with van der Waals surface area (Å²) >= 11 is 0. The summed E-state index contributed by atoms with van der Waals surface area (Å²) in [6.45, 7) is 1.87. The molecule has 1 saturated heterocycles. The van der Waals surface area contributed by atoms with Crippen LogP contribution in [0.3, 0.4) is 0 Å². The molecule has 1 amide bonds. The first kappa shape index (κ1) is 16.1. The molecule has 1 aromatic carbocycles. The van der Waals surface area contributed by atoms with E-state index in [0.717, 1.165) is 16.8 Å². The number of nitrogens with one attached hydrogen (secondary N) is 1. The van der Waals surface area contributed by atoms with Crippen molar-refractivity contribution in [2.45, 2.75) is 31.7 Å². The largest absolute Gasteiger partial charge is 0.508 e. The van der Waals surface area contributed by atoms with Gasteiger partial charge in [-0.15, -0.1) is 0 Å². The molecule has 1 aromatic heterocycles. The Morgan fingerprint density at radius 1 is 1.36 bits per heavy atom. The molecular formula is C17H19N3O4S. The van der Waals surface area contributed by atoms with Crippen LogP contribution in [0.5, 0.6) is 5.75 Å². The molecule has 25 heavy (non-hydrogen) atoms. The molecule has 0 unspecified atom stereocenters. The number of phenolic OH excluding ortho intramolecular Hbond substituents is 1. The molecule has 4 rings (SSSR count). The molecule has 0 spiro atoms. The summed E-state index contributed by atoms with van der Waals surface area (Å²) in [6.07, 6.45) is 0.772. The van der Waals surface area contributed by atoms with Gasteiger partial charge in [-0.05, 0) is 31.0 Å². The predicted molar refractivity (Wildman–Crippen MR) is 92.5 cm³/mol. The number of phenols is 1. The Balaban J connectivity index is 1.81. The predicted octanol–water partition coefficient (Wildman–Crippen LogP) is 1.73. The van der Waals surface area contributed by atoms with Crippen molar-refractivity contribution in [3.05, 3.63) is 41.1 Å². The Hall–Kier alpha value is -2.35. The molecule has 2 N–H and O–H groups in total. The monoisotopic (exact) mass is 361 g/mol. The average Bonchev–Trinajstić information content (AvgIpc) is 3.06. The number of aromatic hydroxyl groups is 1. The van der Waals surface area contributed by atoms with E-state index in [4.69, 9.17) is 0 Å². The zero-order valence-corrected chi connectivity index (χ0v) is 14.6. The van der Waals surface area contributed by atoms with E-state index in [9.17, 15) is 18.3 Å². The molecule has 8 heteroatoms. The summed E-state index contributed by atoms with van der Waals surface area (Å²) in [7, 11) is -3.05. The smallest absolute Gasteiger partial charge is 0.226 e. The number of anilines is 1. The molecule has 3 heterocycles. The van der Waals surface area contributed by atoms with Crippen molar-refractivity contribution in [3.63, 3.8) is 0 Å². The summed E-state index contributed by atoms with van der Waals surface area (Å²) in [5.41, 5.74) is 2.51. The lowest BCUT2D eigenvalue weighted by atomic mass is 9.85. The lowest BCUT2D eigenvalue weighted by molar-refractivity contribution is -0.116. The zero-order valence-electron chi connectivity index (χ0n) is 13.8.